The Kier molecular flexibility index (Phi) is 4.26. The highest BCUT2D eigenvalue weighted by Crippen LogP contribution is 2.29. The fourth-order valence-corrected chi connectivity index (χ4v) is 3.23. The van der Waals surface area contributed by atoms with Gasteiger partial charge < -0.3 is 10.1 Å². The normalized spacial score (nSPS) is 11.0. The topological polar surface area (TPSA) is 99.8 Å². The van der Waals surface area contributed by atoms with Crippen LogP contribution in [0.4, 0.5) is 5.69 Å². The number of fused-ring (bicyclic) bond motifs is 1. The van der Waals surface area contributed by atoms with Crippen LogP contribution in [0.3, 0.4) is 0 Å². The van der Waals surface area contributed by atoms with E-state index in [1.165, 1.54) is 0 Å². The standard InChI is InChI=1S/C19H19N7O2/c1-11-7-14(17-12(2)24-25(3)18(17)22-11)19(27)23-15-8-13(5-6-16(15)28-4)26-9-20-21-10-26/h5-10H,1-4H3,(H,23,27). The zero-order chi connectivity index (χ0) is 19.8. The van der Waals surface area contributed by atoms with Crippen molar-refractivity contribution in [2.45, 2.75) is 13.8 Å². The third-order valence-electron chi connectivity index (χ3n) is 4.49. The summed E-state index contributed by atoms with van der Waals surface area (Å²) in [5.74, 6) is 0.293. The summed E-state index contributed by atoms with van der Waals surface area (Å²) in [5, 5.41) is 15.7. The summed E-state index contributed by atoms with van der Waals surface area (Å²) in [6.45, 7) is 3.72. The predicted molar refractivity (Wildman–Crippen MR) is 104 cm³/mol. The molecule has 0 aliphatic rings. The number of rotatable bonds is 4. The quantitative estimate of drug-likeness (QED) is 0.586. The van der Waals surface area contributed by atoms with Crippen LogP contribution in [0.15, 0.2) is 36.9 Å². The molecule has 4 rings (SSSR count). The maximum atomic E-state index is 13.1. The Hall–Kier alpha value is -3.75. The van der Waals surface area contributed by atoms with Gasteiger partial charge in [-0.1, -0.05) is 0 Å². The maximum Gasteiger partial charge on any atom is 0.256 e. The number of amides is 1. The Labute approximate surface area is 161 Å². The van der Waals surface area contributed by atoms with Crippen molar-refractivity contribution in [2.24, 2.45) is 7.05 Å². The van der Waals surface area contributed by atoms with Crippen molar-refractivity contribution >= 4 is 22.6 Å². The molecule has 1 amide bonds. The van der Waals surface area contributed by atoms with Gasteiger partial charge in [-0.25, -0.2) is 4.98 Å². The molecule has 0 fully saturated rings. The van der Waals surface area contributed by atoms with Crippen LogP contribution >= 0.6 is 0 Å². The lowest BCUT2D eigenvalue weighted by atomic mass is 10.1. The van der Waals surface area contributed by atoms with Gasteiger partial charge in [-0.3, -0.25) is 14.0 Å². The van der Waals surface area contributed by atoms with Crippen LogP contribution in [0.1, 0.15) is 21.7 Å². The molecule has 9 nitrogen and oxygen atoms in total. The van der Waals surface area contributed by atoms with Crippen molar-refractivity contribution < 1.29 is 9.53 Å². The van der Waals surface area contributed by atoms with Crippen LogP contribution in [0.2, 0.25) is 0 Å². The number of nitrogens with one attached hydrogen (secondary N) is 1. The molecule has 0 radical (unpaired) electrons. The first-order valence-corrected chi connectivity index (χ1v) is 8.63. The van der Waals surface area contributed by atoms with Crippen molar-refractivity contribution in [3.63, 3.8) is 0 Å². The zero-order valence-corrected chi connectivity index (χ0v) is 16.0. The molecule has 142 valence electrons. The molecular formula is C19H19N7O2. The Bertz CT molecular complexity index is 1180. The van der Waals surface area contributed by atoms with Gasteiger partial charge in [0.1, 0.15) is 18.4 Å². The van der Waals surface area contributed by atoms with Gasteiger partial charge in [0, 0.05) is 12.7 Å². The average molecular weight is 377 g/mol. The Morgan fingerprint density at radius 2 is 1.89 bits per heavy atom. The lowest BCUT2D eigenvalue weighted by Gasteiger charge is -2.13. The van der Waals surface area contributed by atoms with Gasteiger partial charge in [0.25, 0.3) is 5.91 Å². The van der Waals surface area contributed by atoms with Crippen molar-refractivity contribution in [3.8, 4) is 11.4 Å². The number of carbonyl (C=O) groups is 1. The van der Waals surface area contributed by atoms with E-state index in [0.717, 1.165) is 22.5 Å². The number of ether oxygens (including phenoxy) is 1. The summed E-state index contributed by atoms with van der Waals surface area (Å²) in [5.41, 5.74) is 4.03. The first-order chi connectivity index (χ1) is 13.5. The van der Waals surface area contributed by atoms with Crippen molar-refractivity contribution in [2.75, 3.05) is 12.4 Å². The van der Waals surface area contributed by atoms with Crippen molar-refractivity contribution in [1.82, 2.24) is 29.5 Å². The number of hydrogen-bond donors (Lipinski definition) is 1. The Morgan fingerprint density at radius 1 is 1.14 bits per heavy atom. The number of anilines is 1. The van der Waals surface area contributed by atoms with Crippen molar-refractivity contribution in [3.05, 3.63) is 53.9 Å². The summed E-state index contributed by atoms with van der Waals surface area (Å²) >= 11 is 0. The lowest BCUT2D eigenvalue weighted by molar-refractivity contribution is 0.102. The van der Waals surface area contributed by atoms with E-state index in [9.17, 15) is 4.79 Å². The van der Waals surface area contributed by atoms with E-state index >= 15 is 0 Å². The van der Waals surface area contributed by atoms with Gasteiger partial charge >= 0.3 is 0 Å². The number of hydrogen-bond acceptors (Lipinski definition) is 6. The van der Waals surface area contributed by atoms with Crippen LogP contribution in [-0.4, -0.2) is 42.5 Å². The zero-order valence-electron chi connectivity index (χ0n) is 16.0. The molecule has 1 N–H and O–H groups in total. The molecule has 3 aromatic heterocycles. The smallest absolute Gasteiger partial charge is 0.256 e. The largest absolute Gasteiger partial charge is 0.495 e. The van der Waals surface area contributed by atoms with E-state index in [1.807, 2.05) is 27.0 Å². The second kappa shape index (κ2) is 6.76. The number of nitrogens with zero attached hydrogens (tertiary/aromatic N) is 6. The van der Waals surface area contributed by atoms with Gasteiger partial charge in [0.2, 0.25) is 0 Å². The van der Waals surface area contributed by atoms with Gasteiger partial charge in [-0.2, -0.15) is 5.10 Å². The van der Waals surface area contributed by atoms with Crippen LogP contribution in [-0.2, 0) is 7.05 Å². The fraction of sp³-hybridized carbons (Fsp3) is 0.211. The van der Waals surface area contributed by atoms with Crippen molar-refractivity contribution in [1.29, 1.82) is 0 Å². The number of pyridine rings is 1. The number of methoxy groups -OCH3 is 1. The molecular weight excluding hydrogens is 358 g/mol. The van der Waals surface area contributed by atoms with E-state index in [0.29, 0.717) is 22.6 Å². The highest BCUT2D eigenvalue weighted by molar-refractivity contribution is 6.13. The Balaban J connectivity index is 1.77. The minimum absolute atomic E-state index is 0.259. The maximum absolute atomic E-state index is 13.1. The molecule has 0 saturated carbocycles. The third-order valence-corrected chi connectivity index (χ3v) is 4.49. The molecule has 0 aliphatic heterocycles. The first-order valence-electron chi connectivity index (χ1n) is 8.63. The molecule has 0 bridgehead atoms. The molecule has 0 aliphatic carbocycles. The highest BCUT2D eigenvalue weighted by Gasteiger charge is 2.19. The monoisotopic (exact) mass is 377 g/mol. The van der Waals surface area contributed by atoms with Crippen LogP contribution in [0.25, 0.3) is 16.7 Å². The van der Waals surface area contributed by atoms with Crippen LogP contribution < -0.4 is 10.1 Å². The second-order valence-electron chi connectivity index (χ2n) is 6.43. The summed E-state index contributed by atoms with van der Waals surface area (Å²) in [6, 6.07) is 7.22. The molecule has 4 aromatic rings. The minimum Gasteiger partial charge on any atom is -0.495 e. The lowest BCUT2D eigenvalue weighted by Crippen LogP contribution is -2.14. The van der Waals surface area contributed by atoms with Crippen LogP contribution in [0, 0.1) is 13.8 Å². The Morgan fingerprint density at radius 3 is 2.61 bits per heavy atom. The highest BCUT2D eigenvalue weighted by atomic mass is 16.5. The average Bonchev–Trinajstić information content (AvgIpc) is 3.30. The van der Waals surface area contributed by atoms with Gasteiger partial charge in [-0.15, -0.1) is 10.2 Å². The molecule has 28 heavy (non-hydrogen) atoms. The summed E-state index contributed by atoms with van der Waals surface area (Å²) < 4.78 is 8.84. The van der Waals surface area contributed by atoms with Gasteiger partial charge in [-0.05, 0) is 38.1 Å². The van der Waals surface area contributed by atoms with Crippen LogP contribution in [0.5, 0.6) is 5.75 Å². The summed E-state index contributed by atoms with van der Waals surface area (Å²) in [4.78, 5) is 17.7. The minimum atomic E-state index is -0.259. The summed E-state index contributed by atoms with van der Waals surface area (Å²) in [6.07, 6.45) is 3.17. The predicted octanol–water partition coefficient (Wildman–Crippen LogP) is 2.43. The molecule has 9 heteroatoms. The third kappa shape index (κ3) is 2.96. The molecule has 0 atom stereocenters. The fourth-order valence-electron chi connectivity index (χ4n) is 3.23. The molecule has 1 aromatic carbocycles. The van der Waals surface area contributed by atoms with E-state index in [2.05, 4.69) is 25.6 Å². The second-order valence-corrected chi connectivity index (χ2v) is 6.43. The van der Waals surface area contributed by atoms with E-state index in [1.54, 1.807) is 47.2 Å². The SMILES string of the molecule is COc1ccc(-n2cnnc2)cc1NC(=O)c1cc(C)nc2c1c(C)nn2C. The van der Waals surface area contributed by atoms with Gasteiger partial charge in [0.05, 0.1) is 35.1 Å². The molecule has 0 unspecified atom stereocenters. The van der Waals surface area contributed by atoms with E-state index in [-0.39, 0.29) is 5.91 Å². The number of benzene rings is 1. The molecule has 0 spiro atoms. The molecule has 3 heterocycles. The van der Waals surface area contributed by atoms with E-state index in [4.69, 9.17) is 4.74 Å². The van der Waals surface area contributed by atoms with Gasteiger partial charge in [0.15, 0.2) is 5.65 Å². The number of carbonyl (C=O) groups excluding carboxylic acids is 1. The number of aryl methyl sites for hydroxylation is 3. The van der Waals surface area contributed by atoms with E-state index < -0.39 is 0 Å². The first kappa shape index (κ1) is 17.7. The molecule has 0 saturated heterocycles. The number of aromatic nitrogens is 6. The summed E-state index contributed by atoms with van der Waals surface area (Å²) in [7, 11) is 3.37.